The highest BCUT2D eigenvalue weighted by molar-refractivity contribution is 6.30. The fourth-order valence-corrected chi connectivity index (χ4v) is 6.65. The van der Waals surface area contributed by atoms with E-state index in [1.54, 1.807) is 31.3 Å². The number of halogens is 1. The van der Waals surface area contributed by atoms with E-state index in [0.29, 0.717) is 23.7 Å². The Labute approximate surface area is 217 Å². The van der Waals surface area contributed by atoms with Gasteiger partial charge in [0.05, 0.1) is 31.3 Å². The van der Waals surface area contributed by atoms with Crippen LogP contribution in [0.1, 0.15) is 12.5 Å². The topological polar surface area (TPSA) is 77.3 Å². The smallest absolute Gasteiger partial charge is 0.344 e. The van der Waals surface area contributed by atoms with Crippen molar-refractivity contribution >= 4 is 29.0 Å². The summed E-state index contributed by atoms with van der Waals surface area (Å²) in [5, 5.41) is 14.8. The van der Waals surface area contributed by atoms with E-state index in [4.69, 9.17) is 16.3 Å². The SMILES string of the molecule is CC(O)N(C)c1cnn(C(=O)N2CC3CN(Cc4cc(Cl)cc(N5CC6COCC6C5)c4)CC3C2)c1. The van der Waals surface area contributed by atoms with Crippen LogP contribution >= 0.6 is 11.6 Å². The average molecular weight is 515 g/mol. The Morgan fingerprint density at radius 1 is 1.11 bits per heavy atom. The zero-order chi connectivity index (χ0) is 25.0. The molecule has 0 saturated carbocycles. The number of hydrogen-bond donors (Lipinski definition) is 1. The Hall–Kier alpha value is -2.33. The maximum absolute atomic E-state index is 13.0. The first-order valence-corrected chi connectivity index (χ1v) is 13.3. The van der Waals surface area contributed by atoms with E-state index < -0.39 is 6.23 Å². The van der Waals surface area contributed by atoms with Gasteiger partial charge < -0.3 is 24.5 Å². The number of nitrogens with zero attached hydrogens (tertiary/aromatic N) is 6. The van der Waals surface area contributed by atoms with Gasteiger partial charge in [-0.1, -0.05) is 11.6 Å². The third kappa shape index (κ3) is 4.58. The van der Waals surface area contributed by atoms with Crippen LogP contribution in [0.25, 0.3) is 0 Å². The lowest BCUT2D eigenvalue weighted by Gasteiger charge is -2.24. The van der Waals surface area contributed by atoms with Crippen molar-refractivity contribution in [1.29, 1.82) is 0 Å². The summed E-state index contributed by atoms with van der Waals surface area (Å²) in [5.41, 5.74) is 3.20. The number of hydrogen-bond acceptors (Lipinski definition) is 7. The largest absolute Gasteiger partial charge is 0.381 e. The van der Waals surface area contributed by atoms with Gasteiger partial charge in [-0.2, -0.15) is 9.78 Å². The Bertz CT molecular complexity index is 1100. The van der Waals surface area contributed by atoms with Crippen molar-refractivity contribution in [3.05, 3.63) is 41.2 Å². The summed E-state index contributed by atoms with van der Waals surface area (Å²) in [6, 6.07) is 6.39. The molecule has 1 aromatic carbocycles. The standard InChI is InChI=1S/C26H35ClN6O3/c1-17(34)29(2)25-6-28-33(14-25)26(35)32-10-19-8-30(9-20(19)11-32)7-18-3-23(27)5-24(4-18)31-12-21-15-36-16-22(21)13-31/h3-6,14,17,19-22,34H,7-13,15-16H2,1-2H3. The van der Waals surface area contributed by atoms with Gasteiger partial charge in [0.2, 0.25) is 0 Å². The van der Waals surface area contributed by atoms with Gasteiger partial charge in [0.1, 0.15) is 6.23 Å². The molecule has 0 spiro atoms. The Morgan fingerprint density at radius 3 is 2.47 bits per heavy atom. The fraction of sp³-hybridized carbons (Fsp3) is 0.615. The number of rotatable bonds is 5. The van der Waals surface area contributed by atoms with Crippen LogP contribution in [0.5, 0.6) is 0 Å². The minimum atomic E-state index is -0.643. The van der Waals surface area contributed by atoms with Crippen LogP contribution in [0.3, 0.4) is 0 Å². The van der Waals surface area contributed by atoms with E-state index in [1.807, 2.05) is 4.90 Å². The van der Waals surface area contributed by atoms with Gasteiger partial charge >= 0.3 is 6.03 Å². The van der Waals surface area contributed by atoms with Crippen molar-refractivity contribution in [2.75, 3.05) is 69.3 Å². The summed E-state index contributed by atoms with van der Waals surface area (Å²) in [6.45, 7) is 9.89. The van der Waals surface area contributed by atoms with E-state index in [9.17, 15) is 9.90 Å². The number of benzene rings is 1. The molecule has 4 aliphatic rings. The molecular formula is C26H35ClN6O3. The van der Waals surface area contributed by atoms with Crippen molar-refractivity contribution < 1.29 is 14.6 Å². The number of ether oxygens (including phenoxy) is 1. The number of amides is 1. The highest BCUT2D eigenvalue weighted by atomic mass is 35.5. The molecule has 0 radical (unpaired) electrons. The van der Waals surface area contributed by atoms with Gasteiger partial charge in [0.25, 0.3) is 0 Å². The Balaban J connectivity index is 1.05. The molecule has 1 aromatic heterocycles. The second-order valence-corrected chi connectivity index (χ2v) is 11.5. The summed E-state index contributed by atoms with van der Waals surface area (Å²) in [5.74, 6) is 2.23. The second-order valence-electron chi connectivity index (χ2n) is 11.1. The molecule has 5 unspecified atom stereocenters. The quantitative estimate of drug-likeness (QED) is 0.614. The van der Waals surface area contributed by atoms with E-state index in [2.05, 4.69) is 33.1 Å². The predicted octanol–water partition coefficient (Wildman–Crippen LogP) is 2.43. The zero-order valence-electron chi connectivity index (χ0n) is 21.0. The number of anilines is 2. The Morgan fingerprint density at radius 2 is 1.81 bits per heavy atom. The van der Waals surface area contributed by atoms with E-state index in [1.165, 1.54) is 15.9 Å². The molecule has 4 saturated heterocycles. The summed E-state index contributed by atoms with van der Waals surface area (Å²) >= 11 is 6.54. The minimum absolute atomic E-state index is 0.0959. The average Bonchev–Trinajstić information content (AvgIpc) is 3.63. The van der Waals surface area contributed by atoms with Crippen LogP contribution in [0.4, 0.5) is 16.2 Å². The highest BCUT2D eigenvalue weighted by Gasteiger charge is 2.42. The predicted molar refractivity (Wildman–Crippen MR) is 138 cm³/mol. The van der Waals surface area contributed by atoms with E-state index >= 15 is 0 Å². The van der Waals surface area contributed by atoms with Crippen LogP contribution < -0.4 is 9.80 Å². The lowest BCUT2D eigenvalue weighted by molar-refractivity contribution is 0.177. The van der Waals surface area contributed by atoms with Gasteiger partial charge in [-0.3, -0.25) is 4.90 Å². The third-order valence-corrected chi connectivity index (χ3v) is 8.74. The summed E-state index contributed by atoms with van der Waals surface area (Å²) in [6.07, 6.45) is 2.66. The van der Waals surface area contributed by atoms with Gasteiger partial charge in [-0.05, 0) is 42.5 Å². The highest BCUT2D eigenvalue weighted by Crippen LogP contribution is 2.36. The monoisotopic (exact) mass is 514 g/mol. The molecule has 6 rings (SSSR count). The van der Waals surface area contributed by atoms with Gasteiger partial charge in [-0.15, -0.1) is 0 Å². The first-order valence-electron chi connectivity index (χ1n) is 12.9. The zero-order valence-corrected chi connectivity index (χ0v) is 21.7. The fourth-order valence-electron chi connectivity index (χ4n) is 6.40. The molecule has 9 nitrogen and oxygen atoms in total. The molecule has 2 aromatic rings. The number of fused-ring (bicyclic) bond motifs is 2. The number of likely N-dealkylation sites (tertiary alicyclic amines) is 2. The molecule has 5 atom stereocenters. The van der Waals surface area contributed by atoms with Crippen LogP contribution in [0.15, 0.2) is 30.6 Å². The van der Waals surface area contributed by atoms with Crippen LogP contribution in [-0.2, 0) is 11.3 Å². The van der Waals surface area contributed by atoms with Crippen molar-refractivity contribution in [2.45, 2.75) is 19.7 Å². The van der Waals surface area contributed by atoms with Crippen molar-refractivity contribution in [3.63, 3.8) is 0 Å². The summed E-state index contributed by atoms with van der Waals surface area (Å²) in [7, 11) is 1.78. The lowest BCUT2D eigenvalue weighted by Crippen LogP contribution is -2.36. The number of aliphatic hydroxyl groups excluding tert-OH is 1. The van der Waals surface area contributed by atoms with E-state index in [-0.39, 0.29) is 6.03 Å². The van der Waals surface area contributed by atoms with Crippen LogP contribution in [0, 0.1) is 23.7 Å². The maximum Gasteiger partial charge on any atom is 0.344 e. The molecule has 0 aliphatic carbocycles. The molecule has 36 heavy (non-hydrogen) atoms. The molecule has 10 heteroatoms. The van der Waals surface area contributed by atoms with Crippen molar-refractivity contribution in [2.24, 2.45) is 23.7 Å². The van der Waals surface area contributed by atoms with Gasteiger partial charge in [-0.25, -0.2) is 4.79 Å². The van der Waals surface area contributed by atoms with Crippen LogP contribution in [-0.4, -0.2) is 96.5 Å². The third-order valence-electron chi connectivity index (χ3n) is 8.52. The van der Waals surface area contributed by atoms with Gasteiger partial charge in [0.15, 0.2) is 0 Å². The molecular weight excluding hydrogens is 480 g/mol. The molecule has 0 bridgehead atoms. The number of aliphatic hydroxyl groups is 1. The molecule has 1 N–H and O–H groups in total. The maximum atomic E-state index is 13.0. The Kier molecular flexibility index (Phi) is 6.35. The number of carbonyl (C=O) groups excluding carboxylic acids is 1. The molecule has 4 fully saturated rings. The van der Waals surface area contributed by atoms with E-state index in [0.717, 1.165) is 69.7 Å². The number of aromatic nitrogens is 2. The number of carbonyl (C=O) groups is 1. The second kappa shape index (κ2) is 9.52. The minimum Gasteiger partial charge on any atom is -0.381 e. The summed E-state index contributed by atoms with van der Waals surface area (Å²) < 4.78 is 7.02. The first kappa shape index (κ1) is 24.0. The lowest BCUT2D eigenvalue weighted by atomic mass is 10.0. The van der Waals surface area contributed by atoms with Crippen molar-refractivity contribution in [1.82, 2.24) is 19.6 Å². The van der Waals surface area contributed by atoms with Crippen LogP contribution in [0.2, 0.25) is 5.02 Å². The molecule has 4 aliphatic heterocycles. The van der Waals surface area contributed by atoms with Crippen molar-refractivity contribution in [3.8, 4) is 0 Å². The molecule has 194 valence electrons. The molecule has 5 heterocycles. The summed E-state index contributed by atoms with van der Waals surface area (Å²) in [4.78, 5) is 21.6. The molecule has 1 amide bonds. The first-order chi connectivity index (χ1) is 17.3. The van der Waals surface area contributed by atoms with Gasteiger partial charge in [0, 0.05) is 75.4 Å². The normalized spacial score (nSPS) is 28.6.